The van der Waals surface area contributed by atoms with Gasteiger partial charge in [0, 0.05) is 48.4 Å². The van der Waals surface area contributed by atoms with Gasteiger partial charge in [-0.3, -0.25) is 0 Å². The monoisotopic (exact) mass is 469 g/mol. The number of hydrogen-bond donors (Lipinski definition) is 2. The Balaban J connectivity index is 2.18. The van der Waals surface area contributed by atoms with E-state index in [1.807, 2.05) is 13.0 Å². The Morgan fingerprint density at radius 2 is 2.00 bits per heavy atom. The van der Waals surface area contributed by atoms with E-state index in [1.165, 1.54) is 26.2 Å². The van der Waals surface area contributed by atoms with Crippen molar-refractivity contribution in [2.75, 3.05) is 20.6 Å². The van der Waals surface area contributed by atoms with Gasteiger partial charge in [0.2, 0.25) is 10.0 Å². The van der Waals surface area contributed by atoms with E-state index in [1.54, 1.807) is 34.9 Å². The molecule has 172 valence electrons. The Morgan fingerprint density at radius 3 is 2.64 bits per heavy atom. The number of carboxylic acid groups (broad SMARTS) is 1. The van der Waals surface area contributed by atoms with Gasteiger partial charge in [0.05, 0.1) is 11.4 Å². The van der Waals surface area contributed by atoms with Crippen molar-refractivity contribution in [2.45, 2.75) is 18.4 Å². The molecule has 3 aromatic rings. The van der Waals surface area contributed by atoms with Crippen LogP contribution in [-0.2, 0) is 16.6 Å². The first-order chi connectivity index (χ1) is 15.6. The number of halogens is 1. The van der Waals surface area contributed by atoms with E-state index >= 15 is 0 Å². The largest absolute Gasteiger partial charge is 0.465 e. The normalized spacial score (nSPS) is 12.2. The average molecular weight is 470 g/mol. The third kappa shape index (κ3) is 4.92. The van der Waals surface area contributed by atoms with Crippen molar-refractivity contribution < 1.29 is 22.7 Å². The van der Waals surface area contributed by atoms with Crippen LogP contribution in [0.4, 0.5) is 9.18 Å². The van der Waals surface area contributed by atoms with Crippen LogP contribution >= 0.6 is 0 Å². The van der Waals surface area contributed by atoms with Gasteiger partial charge in [0.15, 0.2) is 0 Å². The van der Waals surface area contributed by atoms with Crippen molar-refractivity contribution in [1.82, 2.24) is 14.2 Å². The number of terminal acetylenes is 1. The lowest BCUT2D eigenvalue weighted by atomic mass is 10.0. The molecule has 0 bridgehead atoms. The molecule has 3 rings (SSSR count). The molecule has 0 aliphatic heterocycles. The van der Waals surface area contributed by atoms with Crippen LogP contribution in [0.15, 0.2) is 59.3 Å². The highest BCUT2D eigenvalue weighted by Gasteiger charge is 2.21. The molecular weight excluding hydrogens is 445 g/mol. The topological polar surface area (TPSA) is 91.6 Å². The smallest absolute Gasteiger partial charge is 0.404 e. The second-order valence-corrected chi connectivity index (χ2v) is 9.73. The van der Waals surface area contributed by atoms with Gasteiger partial charge in [-0.2, -0.15) is 0 Å². The van der Waals surface area contributed by atoms with Crippen molar-refractivity contribution in [1.29, 1.82) is 0 Å². The van der Waals surface area contributed by atoms with Gasteiger partial charge in [-0.15, -0.1) is 6.42 Å². The minimum Gasteiger partial charge on any atom is -0.465 e. The molecule has 1 heterocycles. The van der Waals surface area contributed by atoms with E-state index < -0.39 is 21.9 Å². The van der Waals surface area contributed by atoms with E-state index in [0.29, 0.717) is 16.8 Å². The molecule has 2 aromatic carbocycles. The van der Waals surface area contributed by atoms with Crippen molar-refractivity contribution >= 4 is 27.0 Å². The maximum absolute atomic E-state index is 14.6. The third-order valence-electron chi connectivity index (χ3n) is 5.28. The van der Waals surface area contributed by atoms with Crippen LogP contribution in [0.5, 0.6) is 0 Å². The quantitative estimate of drug-likeness (QED) is 0.512. The predicted octanol–water partition coefficient (Wildman–Crippen LogP) is 3.97. The molecule has 33 heavy (non-hydrogen) atoms. The van der Waals surface area contributed by atoms with Gasteiger partial charge in [-0.05, 0) is 48.9 Å². The highest BCUT2D eigenvalue weighted by molar-refractivity contribution is 7.89. The predicted molar refractivity (Wildman–Crippen MR) is 126 cm³/mol. The Labute approximate surface area is 192 Å². The van der Waals surface area contributed by atoms with Gasteiger partial charge >= 0.3 is 6.09 Å². The van der Waals surface area contributed by atoms with Crippen LogP contribution in [0.25, 0.3) is 22.0 Å². The highest BCUT2D eigenvalue weighted by atomic mass is 32.2. The molecule has 0 aliphatic carbocycles. The summed E-state index contributed by atoms with van der Waals surface area (Å²) in [6, 6.07) is 11.9. The number of allylic oxidation sites excluding steroid dienone is 1. The molecule has 0 saturated heterocycles. The van der Waals surface area contributed by atoms with E-state index in [4.69, 9.17) is 11.5 Å². The molecule has 0 radical (unpaired) electrons. The second-order valence-electron chi connectivity index (χ2n) is 7.58. The van der Waals surface area contributed by atoms with Gasteiger partial charge in [0.1, 0.15) is 5.83 Å². The molecule has 0 aliphatic rings. The average Bonchev–Trinajstić information content (AvgIpc) is 3.03. The first kappa shape index (κ1) is 24.0. The van der Waals surface area contributed by atoms with Gasteiger partial charge in [-0.1, -0.05) is 18.1 Å². The third-order valence-corrected chi connectivity index (χ3v) is 7.09. The summed E-state index contributed by atoms with van der Waals surface area (Å²) in [4.78, 5) is 10.7. The molecule has 0 atom stereocenters. The molecule has 0 spiro atoms. The number of aromatic nitrogens is 1. The highest BCUT2D eigenvalue weighted by Crippen LogP contribution is 2.36. The summed E-state index contributed by atoms with van der Waals surface area (Å²) < 4.78 is 42.8. The molecule has 0 saturated carbocycles. The fourth-order valence-electron chi connectivity index (χ4n) is 3.63. The SMILES string of the molecule is C#Cc1ccc2c(c1)c(-c1cccc(S(=O)(=O)N(C)C)c1)c(C)n2CC(F)=CCNC(=O)O. The van der Waals surface area contributed by atoms with E-state index in [-0.39, 0.29) is 18.0 Å². The van der Waals surface area contributed by atoms with Crippen LogP contribution in [0.3, 0.4) is 0 Å². The lowest BCUT2D eigenvalue weighted by molar-refractivity contribution is 0.195. The summed E-state index contributed by atoms with van der Waals surface area (Å²) in [7, 11) is -0.716. The molecule has 7 nitrogen and oxygen atoms in total. The maximum Gasteiger partial charge on any atom is 0.404 e. The maximum atomic E-state index is 14.6. The number of benzene rings is 2. The van der Waals surface area contributed by atoms with Crippen LogP contribution in [0.1, 0.15) is 11.3 Å². The Morgan fingerprint density at radius 1 is 1.27 bits per heavy atom. The molecule has 1 aromatic heterocycles. The Bertz CT molecular complexity index is 1400. The van der Waals surface area contributed by atoms with Crippen molar-refractivity contribution in [2.24, 2.45) is 0 Å². The molecule has 2 N–H and O–H groups in total. The van der Waals surface area contributed by atoms with E-state index in [2.05, 4.69) is 11.2 Å². The molecule has 1 amide bonds. The zero-order chi connectivity index (χ0) is 24.3. The summed E-state index contributed by atoms with van der Waals surface area (Å²) in [5.41, 5.74) is 3.48. The summed E-state index contributed by atoms with van der Waals surface area (Å²) in [5.74, 6) is 2.08. The van der Waals surface area contributed by atoms with Gasteiger partial charge in [0.25, 0.3) is 0 Å². The van der Waals surface area contributed by atoms with Crippen molar-refractivity contribution in [3.05, 3.63) is 65.6 Å². The second kappa shape index (κ2) is 9.48. The number of nitrogens with zero attached hydrogens (tertiary/aromatic N) is 2. The number of sulfonamides is 1. The molecule has 9 heteroatoms. The molecule has 0 unspecified atom stereocenters. The fraction of sp³-hybridized carbons (Fsp3) is 0.208. The van der Waals surface area contributed by atoms with Gasteiger partial charge < -0.3 is 15.0 Å². The number of amides is 1. The molecule has 0 fully saturated rings. The minimum absolute atomic E-state index is 0.116. The summed E-state index contributed by atoms with van der Waals surface area (Å²) in [6.45, 7) is 1.55. The Kier molecular flexibility index (Phi) is 6.91. The fourth-order valence-corrected chi connectivity index (χ4v) is 4.58. The lowest BCUT2D eigenvalue weighted by Crippen LogP contribution is -2.22. The number of carbonyl (C=O) groups is 1. The number of rotatable bonds is 7. The first-order valence-corrected chi connectivity index (χ1v) is 11.4. The van der Waals surface area contributed by atoms with Crippen LogP contribution in [-0.4, -0.2) is 49.1 Å². The summed E-state index contributed by atoms with van der Waals surface area (Å²) in [5, 5.41) is 11.5. The molecular formula is C24H24FN3O4S. The minimum atomic E-state index is -3.65. The number of fused-ring (bicyclic) bond motifs is 1. The van der Waals surface area contributed by atoms with E-state index in [9.17, 15) is 17.6 Å². The van der Waals surface area contributed by atoms with Crippen LogP contribution in [0.2, 0.25) is 0 Å². The van der Waals surface area contributed by atoms with Crippen LogP contribution < -0.4 is 5.32 Å². The van der Waals surface area contributed by atoms with Crippen LogP contribution in [0, 0.1) is 19.3 Å². The van der Waals surface area contributed by atoms with Gasteiger partial charge in [-0.25, -0.2) is 21.9 Å². The number of nitrogens with one attached hydrogen (secondary N) is 1. The standard InChI is InChI=1S/C24H24FN3O4S/c1-5-17-9-10-22-21(13-17)23(16(2)28(22)15-19(25)11-12-26-24(29)30)18-7-6-8-20(14-18)33(31,32)27(3)4/h1,6-11,13-14,26H,12,15H2,2-4H3,(H,29,30). The summed E-state index contributed by atoms with van der Waals surface area (Å²) in [6.07, 6.45) is 5.51. The first-order valence-electron chi connectivity index (χ1n) is 10.00. The lowest BCUT2D eigenvalue weighted by Gasteiger charge is -2.13. The Hall–Kier alpha value is -3.61. The zero-order valence-electron chi connectivity index (χ0n) is 18.5. The summed E-state index contributed by atoms with van der Waals surface area (Å²) >= 11 is 0. The van der Waals surface area contributed by atoms with Crippen molar-refractivity contribution in [3.63, 3.8) is 0 Å². The number of hydrogen-bond acceptors (Lipinski definition) is 3. The zero-order valence-corrected chi connectivity index (χ0v) is 19.3. The van der Waals surface area contributed by atoms with E-state index in [0.717, 1.165) is 20.8 Å². The van der Waals surface area contributed by atoms with Crippen molar-refractivity contribution in [3.8, 4) is 23.5 Å².